The Morgan fingerprint density at radius 3 is 2.95 bits per heavy atom. The van der Waals surface area contributed by atoms with Gasteiger partial charge in [0.25, 0.3) is 0 Å². The molecular formula is C15H13BrN4. The summed E-state index contributed by atoms with van der Waals surface area (Å²) < 4.78 is 0.866. The van der Waals surface area contributed by atoms with Crippen molar-refractivity contribution >= 4 is 32.7 Å². The molecule has 0 unspecified atom stereocenters. The quantitative estimate of drug-likeness (QED) is 0.792. The van der Waals surface area contributed by atoms with Crippen LogP contribution in [0.15, 0.2) is 47.2 Å². The fraction of sp³-hybridized carbons (Fsp3) is 0.133. The molecule has 0 saturated heterocycles. The van der Waals surface area contributed by atoms with E-state index in [-0.39, 0.29) is 0 Å². The average molecular weight is 329 g/mol. The zero-order chi connectivity index (χ0) is 13.9. The lowest BCUT2D eigenvalue weighted by atomic mass is 10.1. The van der Waals surface area contributed by atoms with Crippen molar-refractivity contribution in [1.82, 2.24) is 15.0 Å². The van der Waals surface area contributed by atoms with Crippen LogP contribution in [0.4, 0.5) is 5.82 Å². The highest BCUT2D eigenvalue weighted by molar-refractivity contribution is 9.10. The van der Waals surface area contributed by atoms with Crippen molar-refractivity contribution in [3.63, 3.8) is 0 Å². The van der Waals surface area contributed by atoms with Gasteiger partial charge in [-0.25, -0.2) is 9.97 Å². The predicted molar refractivity (Wildman–Crippen MR) is 84.6 cm³/mol. The molecule has 1 aromatic carbocycles. The molecular weight excluding hydrogens is 316 g/mol. The maximum Gasteiger partial charge on any atom is 0.161 e. The molecule has 0 saturated carbocycles. The monoisotopic (exact) mass is 328 g/mol. The number of rotatable bonds is 3. The summed E-state index contributed by atoms with van der Waals surface area (Å²) in [5.74, 6) is 1.51. The van der Waals surface area contributed by atoms with E-state index in [1.54, 1.807) is 12.4 Å². The molecule has 0 bridgehead atoms. The maximum atomic E-state index is 4.55. The van der Waals surface area contributed by atoms with Crippen LogP contribution in [-0.4, -0.2) is 21.5 Å². The van der Waals surface area contributed by atoms with Crippen molar-refractivity contribution < 1.29 is 0 Å². The fourth-order valence-corrected chi connectivity index (χ4v) is 2.34. The van der Waals surface area contributed by atoms with Crippen LogP contribution in [0.5, 0.6) is 0 Å². The molecule has 0 atom stereocenters. The number of nitrogens with one attached hydrogen (secondary N) is 1. The standard InChI is InChI=1S/C15H13BrN4/c1-2-17-15-12(16)9-19-14(20-15)11-5-6-13-10(8-11)4-3-7-18-13/h3-9H,2H2,1H3,(H,17,19,20). The normalized spacial score (nSPS) is 10.7. The largest absolute Gasteiger partial charge is 0.369 e. The first-order valence-corrected chi connectivity index (χ1v) is 7.19. The fourth-order valence-electron chi connectivity index (χ4n) is 2.01. The molecule has 0 fully saturated rings. The van der Waals surface area contributed by atoms with Gasteiger partial charge in [0.1, 0.15) is 5.82 Å². The highest BCUT2D eigenvalue weighted by Crippen LogP contribution is 2.25. The molecule has 0 spiro atoms. The van der Waals surface area contributed by atoms with Crippen molar-refractivity contribution in [2.45, 2.75) is 6.92 Å². The summed E-state index contributed by atoms with van der Waals surface area (Å²) >= 11 is 3.45. The van der Waals surface area contributed by atoms with Gasteiger partial charge in [0, 0.05) is 29.9 Å². The van der Waals surface area contributed by atoms with Gasteiger partial charge < -0.3 is 5.32 Å². The number of fused-ring (bicyclic) bond motifs is 1. The van der Waals surface area contributed by atoms with Crippen LogP contribution >= 0.6 is 15.9 Å². The van der Waals surface area contributed by atoms with Gasteiger partial charge in [0.05, 0.1) is 9.99 Å². The molecule has 0 aliphatic heterocycles. The summed E-state index contributed by atoms with van der Waals surface area (Å²) in [7, 11) is 0. The van der Waals surface area contributed by atoms with Gasteiger partial charge in [-0.2, -0.15) is 0 Å². The van der Waals surface area contributed by atoms with E-state index in [1.165, 1.54) is 0 Å². The van der Waals surface area contributed by atoms with Crippen LogP contribution < -0.4 is 5.32 Å². The molecule has 2 heterocycles. The molecule has 3 rings (SSSR count). The van der Waals surface area contributed by atoms with Gasteiger partial charge in [0.15, 0.2) is 5.82 Å². The number of pyridine rings is 1. The second kappa shape index (κ2) is 5.54. The molecule has 4 nitrogen and oxygen atoms in total. The first-order chi connectivity index (χ1) is 9.78. The number of aromatic nitrogens is 3. The minimum atomic E-state index is 0.704. The van der Waals surface area contributed by atoms with Crippen LogP contribution in [0, 0.1) is 0 Å². The van der Waals surface area contributed by atoms with Gasteiger partial charge in [0.2, 0.25) is 0 Å². The van der Waals surface area contributed by atoms with Crippen molar-refractivity contribution in [3.05, 3.63) is 47.2 Å². The van der Waals surface area contributed by atoms with Crippen LogP contribution in [0.3, 0.4) is 0 Å². The topological polar surface area (TPSA) is 50.7 Å². The molecule has 0 aliphatic rings. The molecule has 0 radical (unpaired) electrons. The molecule has 5 heteroatoms. The molecule has 0 amide bonds. The molecule has 100 valence electrons. The molecule has 0 aliphatic carbocycles. The zero-order valence-corrected chi connectivity index (χ0v) is 12.6. The number of nitrogens with zero attached hydrogens (tertiary/aromatic N) is 3. The van der Waals surface area contributed by atoms with Crippen LogP contribution in [0.1, 0.15) is 6.92 Å². The third-order valence-corrected chi connectivity index (χ3v) is 3.53. The van der Waals surface area contributed by atoms with E-state index in [2.05, 4.69) is 42.3 Å². The van der Waals surface area contributed by atoms with Gasteiger partial charge in [-0.15, -0.1) is 0 Å². The summed E-state index contributed by atoms with van der Waals surface area (Å²) in [4.78, 5) is 13.2. The number of halogens is 1. The van der Waals surface area contributed by atoms with Crippen LogP contribution in [0.25, 0.3) is 22.3 Å². The lowest BCUT2D eigenvalue weighted by molar-refractivity contribution is 1.11. The van der Waals surface area contributed by atoms with Gasteiger partial charge in [-0.1, -0.05) is 6.07 Å². The van der Waals surface area contributed by atoms with Crippen molar-refractivity contribution in [2.75, 3.05) is 11.9 Å². The Morgan fingerprint density at radius 1 is 1.20 bits per heavy atom. The summed E-state index contributed by atoms with van der Waals surface area (Å²) in [5.41, 5.74) is 1.96. The lowest BCUT2D eigenvalue weighted by Gasteiger charge is -2.07. The summed E-state index contributed by atoms with van der Waals surface area (Å²) in [6.07, 6.45) is 3.56. The number of anilines is 1. The third kappa shape index (κ3) is 2.49. The number of benzene rings is 1. The maximum absolute atomic E-state index is 4.55. The molecule has 20 heavy (non-hydrogen) atoms. The summed E-state index contributed by atoms with van der Waals surface area (Å²) in [5, 5.41) is 4.30. The molecule has 2 aromatic heterocycles. The molecule has 1 N–H and O–H groups in total. The van der Waals surface area contributed by atoms with Crippen molar-refractivity contribution in [1.29, 1.82) is 0 Å². The predicted octanol–water partition coefficient (Wildman–Crippen LogP) is 3.89. The average Bonchev–Trinajstić information content (AvgIpc) is 2.49. The van der Waals surface area contributed by atoms with Crippen LogP contribution in [0.2, 0.25) is 0 Å². The Hall–Kier alpha value is -2.01. The lowest BCUT2D eigenvalue weighted by Crippen LogP contribution is -2.02. The molecule has 3 aromatic rings. The minimum absolute atomic E-state index is 0.704. The highest BCUT2D eigenvalue weighted by Gasteiger charge is 2.07. The van der Waals surface area contributed by atoms with E-state index in [0.717, 1.165) is 33.3 Å². The Bertz CT molecular complexity index is 758. The Kier molecular flexibility index (Phi) is 3.60. The zero-order valence-electron chi connectivity index (χ0n) is 11.0. The number of hydrogen-bond acceptors (Lipinski definition) is 4. The van der Waals surface area contributed by atoms with Crippen LogP contribution in [-0.2, 0) is 0 Å². The van der Waals surface area contributed by atoms with Crippen molar-refractivity contribution in [3.8, 4) is 11.4 Å². The Balaban J connectivity index is 2.08. The van der Waals surface area contributed by atoms with E-state index >= 15 is 0 Å². The first-order valence-electron chi connectivity index (χ1n) is 6.39. The van der Waals surface area contributed by atoms with Gasteiger partial charge in [-0.3, -0.25) is 4.98 Å². The Labute approximate surface area is 125 Å². The Morgan fingerprint density at radius 2 is 2.10 bits per heavy atom. The van der Waals surface area contributed by atoms with E-state index in [0.29, 0.717) is 5.82 Å². The minimum Gasteiger partial charge on any atom is -0.369 e. The highest BCUT2D eigenvalue weighted by atomic mass is 79.9. The number of hydrogen-bond donors (Lipinski definition) is 1. The van der Waals surface area contributed by atoms with E-state index in [1.807, 2.05) is 31.2 Å². The first kappa shape index (κ1) is 13.0. The smallest absolute Gasteiger partial charge is 0.161 e. The van der Waals surface area contributed by atoms with Gasteiger partial charge >= 0.3 is 0 Å². The second-order valence-electron chi connectivity index (χ2n) is 4.33. The van der Waals surface area contributed by atoms with E-state index < -0.39 is 0 Å². The van der Waals surface area contributed by atoms with Gasteiger partial charge in [-0.05, 0) is 47.1 Å². The van der Waals surface area contributed by atoms with E-state index in [9.17, 15) is 0 Å². The second-order valence-corrected chi connectivity index (χ2v) is 5.19. The summed E-state index contributed by atoms with van der Waals surface area (Å²) in [6, 6.07) is 10.0. The van der Waals surface area contributed by atoms with E-state index in [4.69, 9.17) is 0 Å². The third-order valence-electron chi connectivity index (χ3n) is 2.95. The SMILES string of the molecule is CCNc1nc(-c2ccc3ncccc3c2)ncc1Br. The summed E-state index contributed by atoms with van der Waals surface area (Å²) in [6.45, 7) is 2.85. The van der Waals surface area contributed by atoms with Crippen molar-refractivity contribution in [2.24, 2.45) is 0 Å².